The lowest BCUT2D eigenvalue weighted by atomic mass is 9.88. The summed E-state index contributed by atoms with van der Waals surface area (Å²) >= 11 is 0. The molecule has 128 valence electrons. The normalized spacial score (nSPS) is 13.1. The fraction of sp³-hybridized carbons (Fsp3) is 0.350. The second-order valence-electron chi connectivity index (χ2n) is 6.20. The van der Waals surface area contributed by atoms with Gasteiger partial charge in [-0.15, -0.1) is 0 Å². The van der Waals surface area contributed by atoms with Gasteiger partial charge in [0.25, 0.3) is 0 Å². The van der Waals surface area contributed by atoms with E-state index in [1.807, 2.05) is 30.3 Å². The molecule has 4 heteroatoms. The molecule has 0 radical (unpaired) electrons. The van der Waals surface area contributed by atoms with Gasteiger partial charge in [-0.1, -0.05) is 62.4 Å². The Morgan fingerprint density at radius 1 is 1.08 bits per heavy atom. The van der Waals surface area contributed by atoms with Crippen LogP contribution in [0.5, 0.6) is 0 Å². The van der Waals surface area contributed by atoms with Crippen LogP contribution in [-0.2, 0) is 11.3 Å². The lowest BCUT2D eigenvalue weighted by Gasteiger charge is -2.20. The van der Waals surface area contributed by atoms with E-state index in [1.54, 1.807) is 7.11 Å². The van der Waals surface area contributed by atoms with E-state index in [4.69, 9.17) is 10.5 Å². The first kappa shape index (κ1) is 18.0. The van der Waals surface area contributed by atoms with Gasteiger partial charge in [0.2, 0.25) is 0 Å². The molecule has 2 aromatic carbocycles. The van der Waals surface area contributed by atoms with Crippen LogP contribution in [0.1, 0.15) is 30.9 Å². The van der Waals surface area contributed by atoms with Crippen LogP contribution in [0.15, 0.2) is 59.6 Å². The molecule has 0 fully saturated rings. The highest BCUT2D eigenvalue weighted by atomic mass is 16.5. The van der Waals surface area contributed by atoms with E-state index in [9.17, 15) is 0 Å². The van der Waals surface area contributed by atoms with Crippen molar-refractivity contribution in [1.29, 1.82) is 0 Å². The molecule has 0 aliphatic heterocycles. The number of nitrogens with one attached hydrogen (secondary N) is 1. The Kier molecular flexibility index (Phi) is 6.82. The van der Waals surface area contributed by atoms with Crippen LogP contribution in [0.25, 0.3) is 0 Å². The van der Waals surface area contributed by atoms with Gasteiger partial charge in [-0.2, -0.15) is 0 Å². The minimum atomic E-state index is 0.348. The largest absolute Gasteiger partial charge is 0.380 e. The average Bonchev–Trinajstić information content (AvgIpc) is 2.58. The maximum atomic E-state index is 6.10. The monoisotopic (exact) mass is 325 g/mol. The first-order valence-electron chi connectivity index (χ1n) is 8.30. The van der Waals surface area contributed by atoms with Gasteiger partial charge < -0.3 is 15.8 Å². The molecule has 0 amide bonds. The van der Waals surface area contributed by atoms with E-state index in [0.717, 1.165) is 11.3 Å². The van der Waals surface area contributed by atoms with E-state index < -0.39 is 0 Å². The maximum absolute atomic E-state index is 6.10. The molecule has 0 saturated heterocycles. The van der Waals surface area contributed by atoms with Gasteiger partial charge in [0.05, 0.1) is 6.61 Å². The molecule has 0 heterocycles. The predicted molar refractivity (Wildman–Crippen MR) is 101 cm³/mol. The Balaban J connectivity index is 2.07. The first-order valence-corrected chi connectivity index (χ1v) is 8.30. The van der Waals surface area contributed by atoms with Gasteiger partial charge in [0, 0.05) is 30.8 Å². The first-order chi connectivity index (χ1) is 11.6. The number of anilines is 1. The van der Waals surface area contributed by atoms with Gasteiger partial charge in [0.1, 0.15) is 0 Å². The fourth-order valence-corrected chi connectivity index (χ4v) is 2.70. The van der Waals surface area contributed by atoms with Crippen molar-refractivity contribution in [3.63, 3.8) is 0 Å². The predicted octanol–water partition coefficient (Wildman–Crippen LogP) is 4.00. The van der Waals surface area contributed by atoms with Gasteiger partial charge in [-0.05, 0) is 17.5 Å². The summed E-state index contributed by atoms with van der Waals surface area (Å²) in [6.07, 6.45) is 0. The Bertz CT molecular complexity index is 653. The van der Waals surface area contributed by atoms with Crippen LogP contribution in [0.2, 0.25) is 0 Å². The summed E-state index contributed by atoms with van der Waals surface area (Å²) in [5.41, 5.74) is 9.38. The van der Waals surface area contributed by atoms with E-state index in [2.05, 4.69) is 48.4 Å². The molecule has 3 N–H and O–H groups in total. The number of ether oxygens (including phenoxy) is 1. The Morgan fingerprint density at radius 3 is 2.42 bits per heavy atom. The summed E-state index contributed by atoms with van der Waals surface area (Å²) in [5.74, 6) is 1.27. The molecule has 2 rings (SSSR count). The zero-order chi connectivity index (χ0) is 17.4. The zero-order valence-corrected chi connectivity index (χ0v) is 14.7. The average molecular weight is 325 g/mol. The van der Waals surface area contributed by atoms with Crippen molar-refractivity contribution in [2.75, 3.05) is 19.0 Å². The van der Waals surface area contributed by atoms with Crippen LogP contribution in [0.3, 0.4) is 0 Å². The molecule has 4 nitrogen and oxygen atoms in total. The van der Waals surface area contributed by atoms with Crippen LogP contribution in [0, 0.1) is 5.92 Å². The molecule has 24 heavy (non-hydrogen) atoms. The van der Waals surface area contributed by atoms with Crippen LogP contribution >= 0.6 is 0 Å². The molecule has 1 atom stereocenters. The number of nitrogens with two attached hydrogens (primary N) is 1. The van der Waals surface area contributed by atoms with E-state index in [0.29, 0.717) is 30.9 Å². The van der Waals surface area contributed by atoms with Crippen molar-refractivity contribution in [2.45, 2.75) is 26.4 Å². The summed E-state index contributed by atoms with van der Waals surface area (Å²) in [6, 6.07) is 18.4. The Labute approximate surface area is 144 Å². The lowest BCUT2D eigenvalue weighted by molar-refractivity contribution is 0.185. The number of nitrogens with zero attached hydrogens (tertiary/aromatic N) is 1. The van der Waals surface area contributed by atoms with Crippen molar-refractivity contribution in [2.24, 2.45) is 16.6 Å². The number of methoxy groups -OCH3 is 1. The number of rotatable bonds is 7. The Morgan fingerprint density at radius 2 is 1.75 bits per heavy atom. The second kappa shape index (κ2) is 9.08. The highest BCUT2D eigenvalue weighted by Crippen LogP contribution is 2.24. The molecular weight excluding hydrogens is 298 g/mol. The van der Waals surface area contributed by atoms with Crippen molar-refractivity contribution < 1.29 is 4.74 Å². The number of guanidine groups is 1. The van der Waals surface area contributed by atoms with Gasteiger partial charge in [-0.3, -0.25) is 4.99 Å². The Hall–Kier alpha value is -2.33. The van der Waals surface area contributed by atoms with Crippen molar-refractivity contribution >= 4 is 11.6 Å². The summed E-state index contributed by atoms with van der Waals surface area (Å²) in [5, 5.41) is 3.19. The van der Waals surface area contributed by atoms with Crippen molar-refractivity contribution in [3.8, 4) is 0 Å². The molecule has 0 spiro atoms. The molecule has 1 unspecified atom stereocenters. The van der Waals surface area contributed by atoms with Crippen LogP contribution in [0.4, 0.5) is 5.69 Å². The third-order valence-electron chi connectivity index (χ3n) is 4.07. The third-order valence-corrected chi connectivity index (χ3v) is 4.07. The molecule has 0 bridgehead atoms. The highest BCUT2D eigenvalue weighted by Gasteiger charge is 2.15. The molecule has 0 saturated carbocycles. The van der Waals surface area contributed by atoms with E-state index in [1.165, 1.54) is 5.56 Å². The van der Waals surface area contributed by atoms with Crippen molar-refractivity contribution in [1.82, 2.24) is 0 Å². The number of aliphatic imine (C=N–C) groups is 1. The van der Waals surface area contributed by atoms with E-state index in [-0.39, 0.29) is 0 Å². The molecule has 2 aromatic rings. The SMILES string of the molecule is COCc1ccccc1NC(N)=NCC(c1ccccc1)C(C)C. The van der Waals surface area contributed by atoms with E-state index >= 15 is 0 Å². The number of hydrogen-bond donors (Lipinski definition) is 2. The molecule has 0 aliphatic carbocycles. The number of benzene rings is 2. The molecule has 0 aromatic heterocycles. The minimum Gasteiger partial charge on any atom is -0.380 e. The summed E-state index contributed by atoms with van der Waals surface area (Å²) in [4.78, 5) is 4.56. The lowest BCUT2D eigenvalue weighted by Crippen LogP contribution is -2.25. The highest BCUT2D eigenvalue weighted by molar-refractivity contribution is 5.93. The standard InChI is InChI=1S/C20H27N3O/c1-15(2)18(16-9-5-4-6-10-16)13-22-20(21)23-19-12-8-7-11-17(19)14-24-3/h4-12,15,18H,13-14H2,1-3H3,(H3,21,22,23). The van der Waals surface area contributed by atoms with Crippen LogP contribution < -0.4 is 11.1 Å². The van der Waals surface area contributed by atoms with Crippen LogP contribution in [-0.4, -0.2) is 19.6 Å². The smallest absolute Gasteiger partial charge is 0.193 e. The summed E-state index contributed by atoms with van der Waals surface area (Å²) in [7, 11) is 1.68. The maximum Gasteiger partial charge on any atom is 0.193 e. The number of para-hydroxylation sites is 1. The number of hydrogen-bond acceptors (Lipinski definition) is 2. The topological polar surface area (TPSA) is 59.6 Å². The van der Waals surface area contributed by atoms with Gasteiger partial charge in [-0.25, -0.2) is 0 Å². The molecule has 0 aliphatic rings. The van der Waals surface area contributed by atoms with Gasteiger partial charge >= 0.3 is 0 Å². The fourth-order valence-electron chi connectivity index (χ4n) is 2.70. The summed E-state index contributed by atoms with van der Waals surface area (Å²) in [6.45, 7) is 5.62. The third kappa shape index (κ3) is 5.10. The summed E-state index contributed by atoms with van der Waals surface area (Å²) < 4.78 is 5.22. The minimum absolute atomic E-state index is 0.348. The molecular formula is C20H27N3O. The second-order valence-corrected chi connectivity index (χ2v) is 6.20. The van der Waals surface area contributed by atoms with Gasteiger partial charge in [0.15, 0.2) is 5.96 Å². The zero-order valence-electron chi connectivity index (χ0n) is 14.7. The quantitative estimate of drug-likeness (QED) is 0.597. The van der Waals surface area contributed by atoms with Crippen molar-refractivity contribution in [3.05, 3.63) is 65.7 Å².